The van der Waals surface area contributed by atoms with E-state index in [9.17, 15) is 13.6 Å². The first-order valence-electron chi connectivity index (χ1n) is 7.93. The van der Waals surface area contributed by atoms with Crippen LogP contribution in [0, 0.1) is 17.6 Å². The van der Waals surface area contributed by atoms with Gasteiger partial charge in [0, 0.05) is 23.1 Å². The molecule has 0 bridgehead atoms. The smallest absolute Gasteiger partial charge is 0.225 e. The second-order valence-corrected chi connectivity index (χ2v) is 6.90. The predicted molar refractivity (Wildman–Crippen MR) is 80.2 cm³/mol. The summed E-state index contributed by atoms with van der Waals surface area (Å²) in [6, 6.07) is 3.68. The highest BCUT2D eigenvalue weighted by Crippen LogP contribution is 2.43. The van der Waals surface area contributed by atoms with Crippen molar-refractivity contribution in [2.75, 3.05) is 0 Å². The average Bonchev–Trinajstić information content (AvgIpc) is 3.16. The second kappa shape index (κ2) is 5.61. The molecule has 2 fully saturated rings. The van der Waals surface area contributed by atoms with Gasteiger partial charge in [-0.3, -0.25) is 4.79 Å². The third kappa shape index (κ3) is 2.86. The van der Waals surface area contributed by atoms with E-state index in [1.54, 1.807) is 0 Å². The number of benzene rings is 1. The van der Waals surface area contributed by atoms with Gasteiger partial charge < -0.3 is 11.1 Å². The van der Waals surface area contributed by atoms with Crippen LogP contribution in [-0.2, 0) is 4.79 Å². The molecule has 22 heavy (non-hydrogen) atoms. The van der Waals surface area contributed by atoms with Crippen molar-refractivity contribution in [1.82, 2.24) is 5.32 Å². The fourth-order valence-electron chi connectivity index (χ4n) is 3.61. The van der Waals surface area contributed by atoms with Crippen LogP contribution in [0.5, 0.6) is 0 Å². The summed E-state index contributed by atoms with van der Waals surface area (Å²) in [6.07, 6.45) is 4.24. The van der Waals surface area contributed by atoms with Crippen molar-refractivity contribution in [3.8, 4) is 0 Å². The third-order valence-corrected chi connectivity index (χ3v) is 5.06. The summed E-state index contributed by atoms with van der Waals surface area (Å²) in [5.74, 6) is -1.63. The Balaban J connectivity index is 1.65. The predicted octanol–water partition coefficient (Wildman–Crippen LogP) is 2.84. The lowest BCUT2D eigenvalue weighted by Gasteiger charge is -2.37. The molecule has 120 valence electrons. The van der Waals surface area contributed by atoms with Gasteiger partial charge >= 0.3 is 0 Å². The molecule has 4 atom stereocenters. The molecular formula is C17H22F2N2O. The molecular weight excluding hydrogens is 286 g/mol. The minimum atomic E-state index is -0.539. The van der Waals surface area contributed by atoms with Crippen LogP contribution in [-0.4, -0.2) is 17.5 Å². The van der Waals surface area contributed by atoms with Gasteiger partial charge in [0.2, 0.25) is 5.91 Å². The Hall–Kier alpha value is -1.49. The van der Waals surface area contributed by atoms with E-state index in [1.165, 1.54) is 18.2 Å². The van der Waals surface area contributed by atoms with E-state index < -0.39 is 17.2 Å². The minimum absolute atomic E-state index is 0.0750. The lowest BCUT2D eigenvalue weighted by atomic mass is 9.74. The Kier molecular flexibility index (Phi) is 3.93. The first kappa shape index (κ1) is 15.4. The zero-order chi connectivity index (χ0) is 15.9. The second-order valence-electron chi connectivity index (χ2n) is 6.90. The first-order chi connectivity index (χ1) is 10.4. The van der Waals surface area contributed by atoms with Crippen molar-refractivity contribution in [3.63, 3.8) is 0 Å². The number of carbonyl (C=O) groups excluding carboxylic acids is 1. The summed E-state index contributed by atoms with van der Waals surface area (Å²) in [4.78, 5) is 12.4. The van der Waals surface area contributed by atoms with Gasteiger partial charge in [-0.1, -0.05) is 18.9 Å². The van der Waals surface area contributed by atoms with Gasteiger partial charge in [0.1, 0.15) is 11.6 Å². The number of carbonyl (C=O) groups is 1. The van der Waals surface area contributed by atoms with Crippen LogP contribution in [0.15, 0.2) is 18.2 Å². The van der Waals surface area contributed by atoms with Gasteiger partial charge in [-0.15, -0.1) is 0 Å². The summed E-state index contributed by atoms with van der Waals surface area (Å²) < 4.78 is 27.5. The molecule has 2 aliphatic rings. The number of halogens is 2. The third-order valence-electron chi connectivity index (χ3n) is 5.06. The molecule has 3 N–H and O–H groups in total. The molecule has 0 radical (unpaired) electrons. The van der Waals surface area contributed by atoms with E-state index in [2.05, 4.69) is 5.32 Å². The molecule has 3 nitrogen and oxygen atoms in total. The Labute approximate surface area is 129 Å². The van der Waals surface area contributed by atoms with Gasteiger partial charge in [-0.05, 0) is 38.3 Å². The molecule has 2 aliphatic carbocycles. The van der Waals surface area contributed by atoms with Crippen LogP contribution >= 0.6 is 0 Å². The number of hydrogen-bond donors (Lipinski definition) is 2. The Morgan fingerprint density at radius 3 is 2.64 bits per heavy atom. The van der Waals surface area contributed by atoms with Crippen molar-refractivity contribution in [2.24, 2.45) is 11.7 Å². The van der Waals surface area contributed by atoms with Gasteiger partial charge in [0.05, 0.1) is 5.92 Å². The summed E-state index contributed by atoms with van der Waals surface area (Å²) in [5, 5.41) is 2.93. The highest BCUT2D eigenvalue weighted by molar-refractivity contribution is 5.81. The average molecular weight is 308 g/mol. The van der Waals surface area contributed by atoms with E-state index in [-0.39, 0.29) is 29.3 Å². The molecule has 0 heterocycles. The van der Waals surface area contributed by atoms with E-state index in [0.29, 0.717) is 6.42 Å². The SMILES string of the molecule is CC1(N)CCCCC1C(=O)NC1CC1c1c(F)cccc1F. The van der Waals surface area contributed by atoms with Crippen molar-refractivity contribution < 1.29 is 13.6 Å². The maximum atomic E-state index is 13.8. The molecule has 0 aliphatic heterocycles. The number of nitrogens with two attached hydrogens (primary N) is 1. The number of amides is 1. The fourth-order valence-corrected chi connectivity index (χ4v) is 3.61. The molecule has 3 rings (SSSR count). The van der Waals surface area contributed by atoms with Crippen LogP contribution in [0.4, 0.5) is 8.78 Å². The number of rotatable bonds is 3. The number of nitrogens with one attached hydrogen (secondary N) is 1. The first-order valence-corrected chi connectivity index (χ1v) is 7.93. The molecule has 1 amide bonds. The van der Waals surface area contributed by atoms with E-state index in [0.717, 1.165) is 25.7 Å². The van der Waals surface area contributed by atoms with Gasteiger partial charge in [-0.2, -0.15) is 0 Å². The highest BCUT2D eigenvalue weighted by atomic mass is 19.1. The molecule has 0 aromatic heterocycles. The zero-order valence-electron chi connectivity index (χ0n) is 12.7. The Bertz CT molecular complexity index is 568. The van der Waals surface area contributed by atoms with Crippen LogP contribution in [0.2, 0.25) is 0 Å². The Morgan fingerprint density at radius 2 is 2.00 bits per heavy atom. The number of hydrogen-bond acceptors (Lipinski definition) is 2. The normalized spacial score (nSPS) is 34.3. The minimum Gasteiger partial charge on any atom is -0.352 e. The van der Waals surface area contributed by atoms with Crippen molar-refractivity contribution in [1.29, 1.82) is 0 Å². The van der Waals surface area contributed by atoms with E-state index >= 15 is 0 Å². The van der Waals surface area contributed by atoms with Gasteiger partial charge in [0.25, 0.3) is 0 Å². The molecule has 2 saturated carbocycles. The summed E-state index contributed by atoms with van der Waals surface area (Å²) in [5.41, 5.74) is 5.83. The Morgan fingerprint density at radius 1 is 1.32 bits per heavy atom. The van der Waals surface area contributed by atoms with Gasteiger partial charge in [0.15, 0.2) is 0 Å². The van der Waals surface area contributed by atoms with Crippen molar-refractivity contribution >= 4 is 5.91 Å². The molecule has 1 aromatic rings. The topological polar surface area (TPSA) is 55.1 Å². The molecule has 0 saturated heterocycles. The fraction of sp³-hybridized carbons (Fsp3) is 0.588. The monoisotopic (exact) mass is 308 g/mol. The van der Waals surface area contributed by atoms with E-state index in [1.807, 2.05) is 6.92 Å². The maximum absolute atomic E-state index is 13.8. The standard InChI is InChI=1S/C17H22F2N2O/c1-17(20)8-3-2-5-11(17)16(22)21-14-9-10(14)15-12(18)6-4-7-13(15)19/h4,6-7,10-11,14H,2-3,5,8-9,20H2,1H3,(H,21,22). The van der Waals surface area contributed by atoms with Crippen LogP contribution in [0.1, 0.15) is 50.5 Å². The quantitative estimate of drug-likeness (QED) is 0.902. The van der Waals surface area contributed by atoms with E-state index in [4.69, 9.17) is 5.73 Å². The summed E-state index contributed by atoms with van der Waals surface area (Å²) >= 11 is 0. The van der Waals surface area contributed by atoms with Gasteiger partial charge in [-0.25, -0.2) is 8.78 Å². The molecule has 4 unspecified atom stereocenters. The largest absolute Gasteiger partial charge is 0.352 e. The summed E-state index contributed by atoms with van der Waals surface area (Å²) in [7, 11) is 0. The maximum Gasteiger partial charge on any atom is 0.225 e. The molecule has 1 aromatic carbocycles. The highest BCUT2D eigenvalue weighted by Gasteiger charge is 2.45. The van der Waals surface area contributed by atoms with Crippen LogP contribution in [0.25, 0.3) is 0 Å². The lowest BCUT2D eigenvalue weighted by Crippen LogP contribution is -2.53. The van der Waals surface area contributed by atoms with Crippen LogP contribution < -0.4 is 11.1 Å². The molecule has 0 spiro atoms. The van der Waals surface area contributed by atoms with Crippen LogP contribution in [0.3, 0.4) is 0 Å². The summed E-state index contributed by atoms with van der Waals surface area (Å²) in [6.45, 7) is 1.91. The van der Waals surface area contributed by atoms with Crippen molar-refractivity contribution in [2.45, 2.75) is 56.5 Å². The van der Waals surface area contributed by atoms with Crippen molar-refractivity contribution in [3.05, 3.63) is 35.4 Å². The lowest BCUT2D eigenvalue weighted by molar-refractivity contribution is -0.128. The molecule has 5 heteroatoms. The zero-order valence-corrected chi connectivity index (χ0v) is 12.7.